The molecule has 2 nitrogen and oxygen atoms in total. The molecule has 0 amide bonds. The second kappa shape index (κ2) is 7.25. The normalized spacial score (nSPS) is 15.3. The summed E-state index contributed by atoms with van der Waals surface area (Å²) in [5.74, 6) is -1.20. The van der Waals surface area contributed by atoms with Crippen molar-refractivity contribution in [2.45, 2.75) is 51.2 Å². The number of thiol groups is 1. The Morgan fingerprint density at radius 2 is 1.92 bits per heavy atom. The molecule has 2 unspecified atom stereocenters. The minimum Gasteiger partial charge on any atom is -0.550 e. The van der Waals surface area contributed by atoms with E-state index in [-0.39, 0.29) is 5.92 Å². The Labute approximate surface area is 86.1 Å². The first-order chi connectivity index (χ1) is 6.11. The average Bonchev–Trinajstić information content (AvgIpc) is 2.05. The highest BCUT2D eigenvalue weighted by molar-refractivity contribution is 7.80. The summed E-state index contributed by atoms with van der Waals surface area (Å²) in [6.45, 7) is 3.99. The number of hydrogen-bond donors (Lipinski definition) is 1. The summed E-state index contributed by atoms with van der Waals surface area (Å²) in [7, 11) is 0. The number of carbonyl (C=O) groups excluding carboxylic acids is 1. The summed E-state index contributed by atoms with van der Waals surface area (Å²) in [6, 6.07) is 0. The molecule has 0 aromatic rings. The second-order valence-electron chi connectivity index (χ2n) is 3.44. The van der Waals surface area contributed by atoms with Crippen LogP contribution in [0.3, 0.4) is 0 Å². The highest BCUT2D eigenvalue weighted by atomic mass is 32.1. The summed E-state index contributed by atoms with van der Waals surface area (Å²) in [4.78, 5) is 10.6. The summed E-state index contributed by atoms with van der Waals surface area (Å²) in [5, 5.41) is 10.9. The molecule has 2 atom stereocenters. The van der Waals surface area contributed by atoms with E-state index in [1.54, 1.807) is 0 Å². The lowest BCUT2D eigenvalue weighted by Crippen LogP contribution is -2.31. The van der Waals surface area contributed by atoms with E-state index in [1.165, 1.54) is 0 Å². The monoisotopic (exact) mass is 203 g/mol. The van der Waals surface area contributed by atoms with Gasteiger partial charge in [0.1, 0.15) is 0 Å². The van der Waals surface area contributed by atoms with Crippen molar-refractivity contribution < 1.29 is 9.90 Å². The summed E-state index contributed by atoms with van der Waals surface area (Å²) >= 11 is 4.38. The van der Waals surface area contributed by atoms with Crippen LogP contribution in [0.5, 0.6) is 0 Å². The van der Waals surface area contributed by atoms with Gasteiger partial charge in [0.15, 0.2) is 0 Å². The fraction of sp³-hybridized carbons (Fsp3) is 0.900. The standard InChI is InChI=1S/C10H20O2S/c1-3-5-9(13)7-6-8(4-2)10(11)12/h8-9,13H,3-7H2,1-2H3,(H,11,12)/p-1. The van der Waals surface area contributed by atoms with E-state index >= 15 is 0 Å². The van der Waals surface area contributed by atoms with Crippen molar-refractivity contribution in [1.82, 2.24) is 0 Å². The van der Waals surface area contributed by atoms with Gasteiger partial charge in [0, 0.05) is 11.2 Å². The van der Waals surface area contributed by atoms with Crippen molar-refractivity contribution in [1.29, 1.82) is 0 Å². The van der Waals surface area contributed by atoms with Gasteiger partial charge >= 0.3 is 0 Å². The highest BCUT2D eigenvalue weighted by Gasteiger charge is 2.09. The van der Waals surface area contributed by atoms with Crippen LogP contribution in [0.25, 0.3) is 0 Å². The van der Waals surface area contributed by atoms with Gasteiger partial charge in [-0.15, -0.1) is 0 Å². The fourth-order valence-corrected chi connectivity index (χ4v) is 1.77. The number of rotatable bonds is 7. The third kappa shape index (κ3) is 5.97. The molecular formula is C10H19O2S-. The topological polar surface area (TPSA) is 40.1 Å². The van der Waals surface area contributed by atoms with Crippen molar-refractivity contribution in [3.8, 4) is 0 Å². The first kappa shape index (κ1) is 12.8. The summed E-state index contributed by atoms with van der Waals surface area (Å²) in [5.41, 5.74) is 0. The van der Waals surface area contributed by atoms with Crippen LogP contribution in [0, 0.1) is 5.92 Å². The second-order valence-corrected chi connectivity index (χ2v) is 4.17. The SMILES string of the molecule is CCCC(S)CCC(CC)C(=O)[O-]. The quantitative estimate of drug-likeness (QED) is 0.639. The lowest BCUT2D eigenvalue weighted by atomic mass is 9.98. The van der Waals surface area contributed by atoms with Gasteiger partial charge in [-0.1, -0.05) is 20.3 Å². The van der Waals surface area contributed by atoms with E-state index in [1.807, 2.05) is 6.92 Å². The van der Waals surface area contributed by atoms with E-state index in [9.17, 15) is 9.90 Å². The number of carbonyl (C=O) groups is 1. The fourth-order valence-electron chi connectivity index (χ4n) is 1.36. The van der Waals surface area contributed by atoms with E-state index in [4.69, 9.17) is 0 Å². The molecule has 0 aliphatic carbocycles. The van der Waals surface area contributed by atoms with Gasteiger partial charge in [-0.3, -0.25) is 0 Å². The molecule has 0 bridgehead atoms. The molecule has 0 aromatic heterocycles. The van der Waals surface area contributed by atoms with Gasteiger partial charge in [-0.2, -0.15) is 12.6 Å². The molecule has 3 heteroatoms. The van der Waals surface area contributed by atoms with Crippen molar-refractivity contribution >= 4 is 18.6 Å². The molecular weight excluding hydrogens is 184 g/mol. The maximum absolute atomic E-state index is 10.6. The third-order valence-electron chi connectivity index (χ3n) is 2.30. The zero-order valence-electron chi connectivity index (χ0n) is 8.45. The molecule has 78 valence electrons. The van der Waals surface area contributed by atoms with Crippen molar-refractivity contribution in [2.24, 2.45) is 5.92 Å². The molecule has 0 N–H and O–H groups in total. The number of carboxylic acids is 1. The maximum atomic E-state index is 10.6. The van der Waals surface area contributed by atoms with Crippen LogP contribution in [0.1, 0.15) is 46.0 Å². The Hall–Kier alpha value is -0.180. The molecule has 0 saturated heterocycles. The lowest BCUT2D eigenvalue weighted by molar-refractivity contribution is -0.311. The third-order valence-corrected chi connectivity index (χ3v) is 2.81. The molecule has 0 aliphatic rings. The predicted octanol–water partition coefficient (Wildman–Crippen LogP) is 1.64. The summed E-state index contributed by atoms with van der Waals surface area (Å²) in [6.07, 6.45) is 4.41. The maximum Gasteiger partial charge on any atom is 0.0445 e. The van der Waals surface area contributed by atoms with Crippen LogP contribution in [0.2, 0.25) is 0 Å². The Bertz CT molecular complexity index is 148. The largest absolute Gasteiger partial charge is 0.550 e. The zero-order chi connectivity index (χ0) is 10.3. The van der Waals surface area contributed by atoms with Gasteiger partial charge in [0.2, 0.25) is 0 Å². The van der Waals surface area contributed by atoms with E-state index < -0.39 is 5.97 Å². The summed E-state index contributed by atoms with van der Waals surface area (Å²) < 4.78 is 0. The zero-order valence-corrected chi connectivity index (χ0v) is 9.35. The molecule has 0 aromatic carbocycles. The molecule has 0 rings (SSSR count). The molecule has 0 radical (unpaired) electrons. The number of aliphatic carboxylic acids is 1. The van der Waals surface area contributed by atoms with Gasteiger partial charge < -0.3 is 9.90 Å². The first-order valence-corrected chi connectivity index (χ1v) is 5.52. The molecule has 0 aliphatic heterocycles. The van der Waals surface area contributed by atoms with Gasteiger partial charge in [-0.05, 0) is 31.6 Å². The predicted molar refractivity (Wildman–Crippen MR) is 55.7 cm³/mol. The van der Waals surface area contributed by atoms with Crippen LogP contribution >= 0.6 is 12.6 Å². The van der Waals surface area contributed by atoms with Gasteiger partial charge in [0.25, 0.3) is 0 Å². The minimum atomic E-state index is -0.917. The van der Waals surface area contributed by atoms with Crippen LogP contribution in [-0.4, -0.2) is 11.2 Å². The number of hydrogen-bond acceptors (Lipinski definition) is 3. The average molecular weight is 203 g/mol. The van der Waals surface area contributed by atoms with Gasteiger partial charge in [0.05, 0.1) is 0 Å². The van der Waals surface area contributed by atoms with Crippen molar-refractivity contribution in [3.05, 3.63) is 0 Å². The number of carboxylic acid groups (broad SMARTS) is 1. The van der Waals surface area contributed by atoms with Crippen LogP contribution in [0.15, 0.2) is 0 Å². The lowest BCUT2D eigenvalue weighted by Gasteiger charge is -2.17. The van der Waals surface area contributed by atoms with E-state index in [2.05, 4.69) is 19.6 Å². The van der Waals surface area contributed by atoms with E-state index in [0.29, 0.717) is 18.1 Å². The molecule has 0 heterocycles. The van der Waals surface area contributed by atoms with Crippen molar-refractivity contribution in [3.63, 3.8) is 0 Å². The smallest absolute Gasteiger partial charge is 0.0445 e. The van der Waals surface area contributed by atoms with Crippen LogP contribution < -0.4 is 5.11 Å². The Morgan fingerprint density at radius 1 is 1.31 bits per heavy atom. The Morgan fingerprint density at radius 3 is 2.31 bits per heavy atom. The van der Waals surface area contributed by atoms with E-state index in [0.717, 1.165) is 19.3 Å². The molecule has 0 saturated carbocycles. The molecule has 13 heavy (non-hydrogen) atoms. The molecule has 0 spiro atoms. The molecule has 0 fully saturated rings. The highest BCUT2D eigenvalue weighted by Crippen LogP contribution is 2.17. The first-order valence-electron chi connectivity index (χ1n) is 5.00. The van der Waals surface area contributed by atoms with Crippen LogP contribution in [0.4, 0.5) is 0 Å². The van der Waals surface area contributed by atoms with Crippen LogP contribution in [-0.2, 0) is 4.79 Å². The van der Waals surface area contributed by atoms with Crippen molar-refractivity contribution in [2.75, 3.05) is 0 Å². The Kier molecular flexibility index (Phi) is 7.14. The minimum absolute atomic E-state index is 0.286. The Balaban J connectivity index is 3.65. The van der Waals surface area contributed by atoms with Gasteiger partial charge in [-0.25, -0.2) is 0 Å².